The fourth-order valence-corrected chi connectivity index (χ4v) is 8.54. The molecular formula is C44H43IrN3OSi-2. The summed E-state index contributed by atoms with van der Waals surface area (Å²) in [4.78, 5) is 14.0. The Kier molecular flexibility index (Phi) is 11.2. The van der Waals surface area contributed by atoms with Crippen molar-refractivity contribution in [1.82, 2.24) is 15.0 Å². The van der Waals surface area contributed by atoms with E-state index in [0.717, 1.165) is 69.0 Å². The van der Waals surface area contributed by atoms with Crippen molar-refractivity contribution in [2.24, 2.45) is 5.92 Å². The standard InChI is InChI=1S/C23H21N2O.C21H22NSi.Ir/c1-15-6-8-22-23(25-15)19-14-18(7-9-21(19)26-22)20-13-17(10-11-24-20)12-16-4-2-3-5-16;1-23(2,3)21-16-22-20(18-12-8-5-9-13-18)15-19(21)14-17-10-6-4-7-11-17;/h6,8-11,13-14,16H,2-5,12H2,1H3;4-12,15-16H,14H2,1-3H3;/q2*-1;. The van der Waals surface area contributed by atoms with E-state index < -0.39 is 8.07 Å². The summed E-state index contributed by atoms with van der Waals surface area (Å²) >= 11 is 0. The van der Waals surface area contributed by atoms with Crippen molar-refractivity contribution in [3.63, 3.8) is 0 Å². The first-order valence-electron chi connectivity index (χ1n) is 17.5. The van der Waals surface area contributed by atoms with Crippen molar-refractivity contribution in [3.05, 3.63) is 144 Å². The van der Waals surface area contributed by atoms with Gasteiger partial charge in [0, 0.05) is 38.2 Å². The number of aromatic nitrogens is 3. The molecule has 1 radical (unpaired) electrons. The molecule has 0 spiro atoms. The van der Waals surface area contributed by atoms with Gasteiger partial charge in [-0.1, -0.05) is 98.9 Å². The molecule has 7 aromatic rings. The van der Waals surface area contributed by atoms with Crippen LogP contribution in [-0.2, 0) is 32.9 Å². The summed E-state index contributed by atoms with van der Waals surface area (Å²) in [6.07, 6.45) is 11.6. The average molecular weight is 850 g/mol. The summed E-state index contributed by atoms with van der Waals surface area (Å²) in [5.74, 6) is 0.835. The Morgan fingerprint density at radius 2 is 1.56 bits per heavy atom. The number of rotatable bonds is 7. The molecule has 3 aromatic carbocycles. The van der Waals surface area contributed by atoms with Gasteiger partial charge in [-0.2, -0.15) is 0 Å². The summed E-state index contributed by atoms with van der Waals surface area (Å²) in [5.41, 5.74) is 11.7. The minimum Gasteiger partial charge on any atom is -0.499 e. The zero-order valence-corrected chi connectivity index (χ0v) is 32.7. The molecule has 0 unspecified atom stereocenters. The van der Waals surface area contributed by atoms with Gasteiger partial charge in [0.2, 0.25) is 0 Å². The van der Waals surface area contributed by atoms with Crippen molar-refractivity contribution in [2.75, 3.05) is 0 Å². The zero-order valence-electron chi connectivity index (χ0n) is 29.3. The first kappa shape index (κ1) is 35.6. The van der Waals surface area contributed by atoms with Crippen molar-refractivity contribution in [3.8, 4) is 22.5 Å². The average Bonchev–Trinajstić information content (AvgIpc) is 3.76. The van der Waals surface area contributed by atoms with Crippen LogP contribution in [0.5, 0.6) is 0 Å². The Morgan fingerprint density at radius 3 is 2.32 bits per heavy atom. The largest absolute Gasteiger partial charge is 0.499 e. The number of aryl methyl sites for hydroxylation is 1. The molecule has 0 atom stereocenters. The number of fused-ring (bicyclic) bond motifs is 3. The monoisotopic (exact) mass is 850 g/mol. The third-order valence-corrected chi connectivity index (χ3v) is 11.6. The Morgan fingerprint density at radius 1 is 0.780 bits per heavy atom. The van der Waals surface area contributed by atoms with Gasteiger partial charge in [-0.05, 0) is 71.4 Å². The predicted octanol–water partition coefficient (Wildman–Crippen LogP) is 10.6. The van der Waals surface area contributed by atoms with Gasteiger partial charge in [-0.25, -0.2) is 0 Å². The van der Waals surface area contributed by atoms with Crippen LogP contribution in [0.4, 0.5) is 0 Å². The maximum Gasteiger partial charge on any atom is 0.139 e. The SMILES string of the molecule is C[Si](C)(C)c1cnc(-c2[c-]cccc2)cc1Cc1ccccc1.Cc1ccc2oc3c[c-]c(-c4cc(CC5CCCC5)ccn4)cc3c2n1.[Ir]. The summed E-state index contributed by atoms with van der Waals surface area (Å²) in [6, 6.07) is 40.0. The molecule has 0 amide bonds. The Hall–Kier alpha value is -4.22. The van der Waals surface area contributed by atoms with Crippen LogP contribution in [0.1, 0.15) is 48.1 Å². The molecule has 50 heavy (non-hydrogen) atoms. The van der Waals surface area contributed by atoms with Crippen LogP contribution in [0.25, 0.3) is 44.6 Å². The second kappa shape index (κ2) is 15.8. The third kappa shape index (κ3) is 8.38. The van der Waals surface area contributed by atoms with Gasteiger partial charge in [-0.3, -0.25) is 4.98 Å². The summed E-state index contributed by atoms with van der Waals surface area (Å²) in [6.45, 7) is 9.15. The van der Waals surface area contributed by atoms with Crippen molar-refractivity contribution in [1.29, 1.82) is 0 Å². The van der Waals surface area contributed by atoms with Gasteiger partial charge < -0.3 is 14.4 Å². The Labute approximate surface area is 310 Å². The summed E-state index contributed by atoms with van der Waals surface area (Å²) < 4.78 is 5.90. The minimum absolute atomic E-state index is 0. The fraction of sp³-hybridized carbons (Fsp3) is 0.250. The first-order chi connectivity index (χ1) is 23.8. The van der Waals surface area contributed by atoms with E-state index in [1.165, 1.54) is 47.6 Å². The number of hydrogen-bond acceptors (Lipinski definition) is 4. The van der Waals surface area contributed by atoms with Crippen LogP contribution in [0, 0.1) is 25.0 Å². The summed E-state index contributed by atoms with van der Waals surface area (Å²) in [5, 5.41) is 2.47. The second-order valence-corrected chi connectivity index (χ2v) is 19.4. The van der Waals surface area contributed by atoms with E-state index in [-0.39, 0.29) is 20.1 Å². The van der Waals surface area contributed by atoms with E-state index in [4.69, 9.17) is 9.40 Å². The van der Waals surface area contributed by atoms with Crippen molar-refractivity contribution >= 4 is 35.3 Å². The van der Waals surface area contributed by atoms with Gasteiger partial charge in [0.15, 0.2) is 0 Å². The molecule has 4 heterocycles. The normalized spacial score (nSPS) is 13.2. The van der Waals surface area contributed by atoms with E-state index >= 15 is 0 Å². The fourth-order valence-electron chi connectivity index (χ4n) is 6.96. The molecular weight excluding hydrogens is 807 g/mol. The van der Waals surface area contributed by atoms with Gasteiger partial charge in [0.05, 0.1) is 19.2 Å². The summed E-state index contributed by atoms with van der Waals surface area (Å²) in [7, 11) is -1.43. The molecule has 6 heteroatoms. The van der Waals surface area contributed by atoms with Crippen LogP contribution in [0.3, 0.4) is 0 Å². The van der Waals surface area contributed by atoms with Crippen LogP contribution in [0.15, 0.2) is 114 Å². The molecule has 0 saturated heterocycles. The van der Waals surface area contributed by atoms with E-state index in [0.29, 0.717) is 0 Å². The molecule has 0 bridgehead atoms. The minimum atomic E-state index is -1.43. The maximum atomic E-state index is 5.90. The first-order valence-corrected chi connectivity index (χ1v) is 21.0. The number of hydrogen-bond donors (Lipinski definition) is 0. The molecule has 0 N–H and O–H groups in total. The van der Waals surface area contributed by atoms with Crippen LogP contribution in [0.2, 0.25) is 19.6 Å². The third-order valence-electron chi connectivity index (χ3n) is 9.50. The van der Waals surface area contributed by atoms with E-state index in [1.54, 1.807) is 0 Å². The number of furan rings is 1. The second-order valence-electron chi connectivity index (χ2n) is 14.3. The molecule has 1 fully saturated rings. The molecule has 1 saturated carbocycles. The Bertz CT molecular complexity index is 2190. The van der Waals surface area contributed by atoms with E-state index in [9.17, 15) is 0 Å². The molecule has 1 aliphatic carbocycles. The van der Waals surface area contributed by atoms with Crippen molar-refractivity contribution < 1.29 is 24.5 Å². The van der Waals surface area contributed by atoms with Crippen LogP contribution >= 0.6 is 0 Å². The molecule has 0 aliphatic heterocycles. The van der Waals surface area contributed by atoms with E-state index in [1.807, 2.05) is 49.5 Å². The topological polar surface area (TPSA) is 51.8 Å². The smallest absolute Gasteiger partial charge is 0.139 e. The predicted molar refractivity (Wildman–Crippen MR) is 205 cm³/mol. The molecule has 4 aromatic heterocycles. The molecule has 1 aliphatic rings. The van der Waals surface area contributed by atoms with Gasteiger partial charge in [0.25, 0.3) is 0 Å². The molecule has 8 rings (SSSR count). The van der Waals surface area contributed by atoms with Crippen LogP contribution in [-0.4, -0.2) is 23.0 Å². The Balaban J connectivity index is 0.000000171. The zero-order chi connectivity index (χ0) is 33.8. The quantitative estimate of drug-likeness (QED) is 0.118. The van der Waals surface area contributed by atoms with E-state index in [2.05, 4.69) is 109 Å². The van der Waals surface area contributed by atoms with Crippen LogP contribution < -0.4 is 5.19 Å². The number of benzene rings is 3. The maximum absolute atomic E-state index is 5.90. The molecule has 4 nitrogen and oxygen atoms in total. The van der Waals surface area contributed by atoms with Gasteiger partial charge >= 0.3 is 0 Å². The van der Waals surface area contributed by atoms with Gasteiger partial charge in [-0.15, -0.1) is 59.7 Å². The number of nitrogens with zero attached hydrogens (tertiary/aromatic N) is 3. The van der Waals surface area contributed by atoms with Gasteiger partial charge in [0.1, 0.15) is 5.58 Å². The molecule has 255 valence electrons. The number of pyridine rings is 3. The van der Waals surface area contributed by atoms with Crippen molar-refractivity contribution in [2.45, 2.75) is 65.1 Å².